The van der Waals surface area contributed by atoms with Gasteiger partial charge in [0.15, 0.2) is 0 Å². The number of carbonyl (C=O) groups excluding carboxylic acids is 1. The van der Waals surface area contributed by atoms with E-state index in [1.54, 1.807) is 0 Å². The third kappa shape index (κ3) is 4.49. The van der Waals surface area contributed by atoms with Crippen LogP contribution in [0, 0.1) is 0 Å². The van der Waals surface area contributed by atoms with Gasteiger partial charge in [-0.2, -0.15) is 0 Å². The zero-order chi connectivity index (χ0) is 15.9. The Kier molecular flexibility index (Phi) is 5.15. The summed E-state index contributed by atoms with van der Waals surface area (Å²) in [6, 6.07) is 9.80. The normalized spacial score (nSPS) is 15.6. The Labute approximate surface area is 134 Å². The molecule has 1 aliphatic heterocycles. The number of hydrogen-bond acceptors (Lipinski definition) is 6. The predicted octanol–water partition coefficient (Wildman–Crippen LogP) is -0.104. The lowest BCUT2D eigenvalue weighted by molar-refractivity contribution is -0.133. The minimum Gasteiger partial charge on any atom is -0.492 e. The van der Waals surface area contributed by atoms with Crippen LogP contribution in [-0.4, -0.2) is 75.2 Å². The Bertz CT molecular complexity index is 596. The van der Waals surface area contributed by atoms with Gasteiger partial charge >= 0.3 is 0 Å². The van der Waals surface area contributed by atoms with Gasteiger partial charge in [-0.1, -0.05) is 18.2 Å². The van der Waals surface area contributed by atoms with Gasteiger partial charge in [-0.25, -0.2) is 4.68 Å². The first kappa shape index (κ1) is 15.4. The Balaban J connectivity index is 1.36. The zero-order valence-electron chi connectivity index (χ0n) is 12.9. The lowest BCUT2D eigenvalue weighted by Crippen LogP contribution is -2.50. The second-order valence-electron chi connectivity index (χ2n) is 5.39. The molecule has 122 valence electrons. The minimum atomic E-state index is 0.0532. The van der Waals surface area contributed by atoms with E-state index in [-0.39, 0.29) is 12.5 Å². The molecule has 0 saturated carbocycles. The number of rotatable bonds is 6. The average molecular weight is 316 g/mol. The van der Waals surface area contributed by atoms with E-state index in [2.05, 4.69) is 20.4 Å². The van der Waals surface area contributed by atoms with Gasteiger partial charge < -0.3 is 9.64 Å². The monoisotopic (exact) mass is 316 g/mol. The number of hydrogen-bond donors (Lipinski definition) is 0. The fourth-order valence-electron chi connectivity index (χ4n) is 2.52. The highest BCUT2D eigenvalue weighted by Gasteiger charge is 2.21. The van der Waals surface area contributed by atoms with Crippen LogP contribution in [0.15, 0.2) is 36.7 Å². The summed E-state index contributed by atoms with van der Waals surface area (Å²) in [7, 11) is 0. The largest absolute Gasteiger partial charge is 0.492 e. The molecular weight excluding hydrogens is 296 g/mol. The number of piperazine rings is 1. The van der Waals surface area contributed by atoms with Crippen molar-refractivity contribution in [3.8, 4) is 5.75 Å². The highest BCUT2D eigenvalue weighted by molar-refractivity contribution is 5.75. The van der Waals surface area contributed by atoms with Crippen LogP contribution in [0.5, 0.6) is 5.75 Å². The number of aromatic nitrogens is 4. The van der Waals surface area contributed by atoms with Crippen molar-refractivity contribution in [2.75, 3.05) is 39.3 Å². The predicted molar refractivity (Wildman–Crippen MR) is 82.8 cm³/mol. The molecule has 0 atom stereocenters. The van der Waals surface area contributed by atoms with Gasteiger partial charge in [0.1, 0.15) is 25.2 Å². The molecule has 1 aliphatic rings. The van der Waals surface area contributed by atoms with Crippen LogP contribution in [0.3, 0.4) is 0 Å². The second kappa shape index (κ2) is 7.68. The summed E-state index contributed by atoms with van der Waals surface area (Å²) in [5, 5.41) is 10.8. The van der Waals surface area contributed by atoms with Crippen LogP contribution >= 0.6 is 0 Å². The van der Waals surface area contributed by atoms with Gasteiger partial charge in [0.05, 0.1) is 0 Å². The molecule has 0 N–H and O–H groups in total. The number of para-hydroxylation sites is 1. The van der Waals surface area contributed by atoms with Gasteiger partial charge in [0.25, 0.3) is 0 Å². The Morgan fingerprint density at radius 1 is 1.13 bits per heavy atom. The molecule has 1 saturated heterocycles. The molecule has 1 aromatic heterocycles. The van der Waals surface area contributed by atoms with Crippen LogP contribution in [-0.2, 0) is 11.3 Å². The third-order valence-corrected chi connectivity index (χ3v) is 3.83. The Morgan fingerprint density at radius 3 is 2.61 bits per heavy atom. The first-order valence-corrected chi connectivity index (χ1v) is 7.70. The van der Waals surface area contributed by atoms with E-state index in [1.807, 2.05) is 35.2 Å². The molecule has 23 heavy (non-hydrogen) atoms. The summed E-state index contributed by atoms with van der Waals surface area (Å²) in [5.41, 5.74) is 0. The Hall–Kier alpha value is -2.48. The molecule has 1 amide bonds. The average Bonchev–Trinajstić information content (AvgIpc) is 3.09. The van der Waals surface area contributed by atoms with Crippen molar-refractivity contribution < 1.29 is 9.53 Å². The molecular formula is C15H20N6O2. The lowest BCUT2D eigenvalue weighted by atomic mass is 10.3. The summed E-state index contributed by atoms with van der Waals surface area (Å²) in [6.45, 7) is 4.90. The molecule has 8 nitrogen and oxygen atoms in total. The van der Waals surface area contributed by atoms with Crippen molar-refractivity contribution in [3.05, 3.63) is 36.7 Å². The quantitative estimate of drug-likeness (QED) is 0.740. The fraction of sp³-hybridized carbons (Fsp3) is 0.467. The Morgan fingerprint density at radius 2 is 1.91 bits per heavy atom. The van der Waals surface area contributed by atoms with E-state index in [1.165, 1.54) is 11.0 Å². The maximum atomic E-state index is 12.1. The van der Waals surface area contributed by atoms with Gasteiger partial charge in [-0.15, -0.1) is 5.10 Å². The van der Waals surface area contributed by atoms with Crippen molar-refractivity contribution in [1.29, 1.82) is 0 Å². The van der Waals surface area contributed by atoms with Gasteiger partial charge in [-0.3, -0.25) is 9.69 Å². The molecule has 1 aromatic carbocycles. The van der Waals surface area contributed by atoms with E-state index in [0.717, 1.165) is 38.5 Å². The van der Waals surface area contributed by atoms with E-state index in [0.29, 0.717) is 6.61 Å². The molecule has 0 aliphatic carbocycles. The topological polar surface area (TPSA) is 76.4 Å². The number of tetrazole rings is 1. The lowest BCUT2D eigenvalue weighted by Gasteiger charge is -2.34. The van der Waals surface area contributed by atoms with Gasteiger partial charge in [0.2, 0.25) is 5.91 Å². The number of amides is 1. The highest BCUT2D eigenvalue weighted by atomic mass is 16.5. The molecule has 3 rings (SSSR count). The van der Waals surface area contributed by atoms with Crippen molar-refractivity contribution in [2.24, 2.45) is 0 Å². The molecule has 0 spiro atoms. The maximum Gasteiger partial charge on any atom is 0.244 e. The molecule has 0 radical (unpaired) electrons. The SMILES string of the molecule is O=C(Cn1cnnn1)N1CCN(CCOc2ccccc2)CC1. The second-order valence-corrected chi connectivity index (χ2v) is 5.39. The summed E-state index contributed by atoms with van der Waals surface area (Å²) in [4.78, 5) is 16.3. The summed E-state index contributed by atoms with van der Waals surface area (Å²) in [6.07, 6.45) is 1.45. The van der Waals surface area contributed by atoms with Crippen molar-refractivity contribution in [2.45, 2.75) is 6.54 Å². The number of ether oxygens (including phenoxy) is 1. The molecule has 2 heterocycles. The van der Waals surface area contributed by atoms with E-state index >= 15 is 0 Å². The van der Waals surface area contributed by atoms with Crippen LogP contribution < -0.4 is 4.74 Å². The first-order valence-electron chi connectivity index (χ1n) is 7.70. The van der Waals surface area contributed by atoms with Gasteiger partial charge in [-0.05, 0) is 22.6 Å². The van der Waals surface area contributed by atoms with E-state index in [4.69, 9.17) is 4.74 Å². The third-order valence-electron chi connectivity index (χ3n) is 3.83. The highest BCUT2D eigenvalue weighted by Crippen LogP contribution is 2.08. The molecule has 8 heteroatoms. The summed E-state index contributed by atoms with van der Waals surface area (Å²) in [5.74, 6) is 0.945. The van der Waals surface area contributed by atoms with Crippen LogP contribution in [0.4, 0.5) is 0 Å². The van der Waals surface area contributed by atoms with Crippen LogP contribution in [0.2, 0.25) is 0 Å². The van der Waals surface area contributed by atoms with E-state index < -0.39 is 0 Å². The van der Waals surface area contributed by atoms with Crippen LogP contribution in [0.25, 0.3) is 0 Å². The fourth-order valence-corrected chi connectivity index (χ4v) is 2.52. The first-order chi connectivity index (χ1) is 11.3. The summed E-state index contributed by atoms with van der Waals surface area (Å²) >= 11 is 0. The van der Waals surface area contributed by atoms with Crippen LogP contribution in [0.1, 0.15) is 0 Å². The zero-order valence-corrected chi connectivity index (χ0v) is 12.9. The number of nitrogens with zero attached hydrogens (tertiary/aromatic N) is 6. The number of carbonyl (C=O) groups is 1. The minimum absolute atomic E-state index is 0.0532. The van der Waals surface area contributed by atoms with Crippen molar-refractivity contribution in [1.82, 2.24) is 30.0 Å². The summed E-state index contributed by atoms with van der Waals surface area (Å²) < 4.78 is 7.15. The molecule has 0 unspecified atom stereocenters. The molecule has 0 bridgehead atoms. The number of benzene rings is 1. The van der Waals surface area contributed by atoms with E-state index in [9.17, 15) is 4.79 Å². The maximum absolute atomic E-state index is 12.1. The van der Waals surface area contributed by atoms with Crippen molar-refractivity contribution in [3.63, 3.8) is 0 Å². The van der Waals surface area contributed by atoms with Crippen molar-refractivity contribution >= 4 is 5.91 Å². The van der Waals surface area contributed by atoms with Gasteiger partial charge in [0, 0.05) is 32.7 Å². The molecule has 2 aromatic rings. The standard InChI is InChI=1S/C15H20N6O2/c22-15(12-21-13-16-17-18-21)20-8-6-19(7-9-20)10-11-23-14-4-2-1-3-5-14/h1-5,13H,6-12H2. The molecule has 1 fully saturated rings. The smallest absolute Gasteiger partial charge is 0.244 e.